The van der Waals surface area contributed by atoms with Crippen LogP contribution in [0.2, 0.25) is 0 Å². The lowest BCUT2D eigenvalue weighted by atomic mass is 10.1. The Balaban J connectivity index is 1.52. The van der Waals surface area contributed by atoms with Gasteiger partial charge in [0.15, 0.2) is 4.34 Å². The van der Waals surface area contributed by atoms with Gasteiger partial charge in [-0.05, 0) is 42.5 Å². The van der Waals surface area contributed by atoms with E-state index in [9.17, 15) is 9.59 Å². The normalized spacial score (nSPS) is 10.5. The molecule has 0 radical (unpaired) electrons. The fraction of sp³-hybridized carbons (Fsp3) is 0.176. The Morgan fingerprint density at radius 2 is 1.96 bits per heavy atom. The molecule has 0 fully saturated rings. The maximum atomic E-state index is 12.1. The van der Waals surface area contributed by atoms with E-state index in [-0.39, 0.29) is 17.6 Å². The highest BCUT2D eigenvalue weighted by Gasteiger charge is 2.13. The predicted octanol–water partition coefficient (Wildman–Crippen LogP) is 4.20. The van der Waals surface area contributed by atoms with Crippen molar-refractivity contribution in [3.05, 3.63) is 51.7 Å². The van der Waals surface area contributed by atoms with Gasteiger partial charge in [-0.3, -0.25) is 14.9 Å². The maximum absolute atomic E-state index is 12.1. The Morgan fingerprint density at radius 3 is 2.73 bits per heavy atom. The molecule has 0 aliphatic heterocycles. The first kappa shape index (κ1) is 18.6. The van der Waals surface area contributed by atoms with Gasteiger partial charge in [0.25, 0.3) is 5.91 Å². The van der Waals surface area contributed by atoms with Crippen LogP contribution in [0.3, 0.4) is 0 Å². The summed E-state index contributed by atoms with van der Waals surface area (Å²) in [6.07, 6.45) is 0. The second-order valence-corrected chi connectivity index (χ2v) is 8.54. The lowest BCUT2D eigenvalue weighted by Gasteiger charge is -2.09. The van der Waals surface area contributed by atoms with Crippen molar-refractivity contribution >= 4 is 57.1 Å². The topological polar surface area (TPSA) is 84.0 Å². The molecule has 0 aliphatic carbocycles. The number of anilines is 2. The number of thiophene rings is 1. The van der Waals surface area contributed by atoms with E-state index >= 15 is 0 Å². The fourth-order valence-corrected chi connectivity index (χ4v) is 4.25. The minimum Gasteiger partial charge on any atom is -0.325 e. The summed E-state index contributed by atoms with van der Waals surface area (Å²) in [5.41, 5.74) is 3.00. The van der Waals surface area contributed by atoms with Crippen molar-refractivity contribution in [2.24, 2.45) is 0 Å². The molecule has 2 N–H and O–H groups in total. The van der Waals surface area contributed by atoms with Crippen LogP contribution in [-0.2, 0) is 4.79 Å². The molecule has 2 amide bonds. The third-order valence-electron chi connectivity index (χ3n) is 3.58. The van der Waals surface area contributed by atoms with Gasteiger partial charge < -0.3 is 5.32 Å². The van der Waals surface area contributed by atoms with E-state index in [4.69, 9.17) is 0 Å². The molecule has 0 spiro atoms. The van der Waals surface area contributed by atoms with Gasteiger partial charge in [-0.25, -0.2) is 0 Å². The molecule has 2 heterocycles. The van der Waals surface area contributed by atoms with Crippen LogP contribution in [0.15, 0.2) is 40.1 Å². The van der Waals surface area contributed by atoms with E-state index in [0.29, 0.717) is 14.3 Å². The van der Waals surface area contributed by atoms with Crippen molar-refractivity contribution in [2.45, 2.75) is 18.2 Å². The van der Waals surface area contributed by atoms with E-state index in [0.717, 1.165) is 16.8 Å². The molecule has 0 atom stereocenters. The summed E-state index contributed by atoms with van der Waals surface area (Å²) >= 11 is 3.89. The number of amides is 2. The number of aryl methyl sites for hydroxylation is 1. The molecule has 134 valence electrons. The van der Waals surface area contributed by atoms with Gasteiger partial charge in [-0.15, -0.1) is 21.5 Å². The van der Waals surface area contributed by atoms with E-state index in [1.165, 1.54) is 34.4 Å². The summed E-state index contributed by atoms with van der Waals surface area (Å²) in [5, 5.41) is 15.8. The standard InChI is InChI=1S/C17H16N4O2S3/c1-10-5-3-6-12(11(10)2)18-14(22)9-25-17-21-20-16(26-17)19-15(23)13-7-4-8-24-13/h3-8H,9H2,1-2H3,(H,18,22)(H,19,20,23). The quantitative estimate of drug-likeness (QED) is 0.475. The molecule has 0 saturated carbocycles. The number of hydrogen-bond acceptors (Lipinski definition) is 7. The summed E-state index contributed by atoms with van der Waals surface area (Å²) in [7, 11) is 0. The Morgan fingerprint density at radius 1 is 1.12 bits per heavy atom. The summed E-state index contributed by atoms with van der Waals surface area (Å²) < 4.78 is 0.627. The van der Waals surface area contributed by atoms with Crippen molar-refractivity contribution in [2.75, 3.05) is 16.4 Å². The summed E-state index contributed by atoms with van der Waals surface area (Å²) in [4.78, 5) is 24.7. The zero-order chi connectivity index (χ0) is 18.5. The molecule has 1 aromatic carbocycles. The van der Waals surface area contributed by atoms with Gasteiger partial charge in [-0.1, -0.05) is 41.3 Å². The van der Waals surface area contributed by atoms with E-state index < -0.39 is 0 Å². The van der Waals surface area contributed by atoms with Crippen LogP contribution < -0.4 is 10.6 Å². The van der Waals surface area contributed by atoms with Crippen LogP contribution in [0.4, 0.5) is 10.8 Å². The summed E-state index contributed by atoms with van der Waals surface area (Å²) in [5.74, 6) is -0.0932. The van der Waals surface area contributed by atoms with Gasteiger partial charge in [0.05, 0.1) is 10.6 Å². The predicted molar refractivity (Wildman–Crippen MR) is 107 cm³/mol. The van der Waals surface area contributed by atoms with Gasteiger partial charge in [0.1, 0.15) is 0 Å². The van der Waals surface area contributed by atoms with Crippen molar-refractivity contribution < 1.29 is 9.59 Å². The van der Waals surface area contributed by atoms with Crippen LogP contribution in [0, 0.1) is 13.8 Å². The number of carbonyl (C=O) groups excluding carboxylic acids is 2. The lowest BCUT2D eigenvalue weighted by molar-refractivity contribution is -0.113. The Kier molecular flexibility index (Phi) is 6.02. The van der Waals surface area contributed by atoms with Crippen LogP contribution >= 0.6 is 34.4 Å². The van der Waals surface area contributed by atoms with Gasteiger partial charge in [0, 0.05) is 5.69 Å². The SMILES string of the molecule is Cc1cccc(NC(=O)CSc2nnc(NC(=O)c3cccs3)s2)c1C. The highest BCUT2D eigenvalue weighted by molar-refractivity contribution is 8.01. The van der Waals surface area contributed by atoms with E-state index in [1.807, 2.05) is 43.5 Å². The molecule has 0 aliphatic rings. The van der Waals surface area contributed by atoms with Crippen molar-refractivity contribution in [3.8, 4) is 0 Å². The fourth-order valence-electron chi connectivity index (χ4n) is 2.09. The zero-order valence-electron chi connectivity index (χ0n) is 14.1. The first-order valence-electron chi connectivity index (χ1n) is 7.70. The first-order valence-corrected chi connectivity index (χ1v) is 10.4. The average Bonchev–Trinajstić information content (AvgIpc) is 3.29. The molecule has 0 unspecified atom stereocenters. The lowest BCUT2D eigenvalue weighted by Crippen LogP contribution is -2.15. The van der Waals surface area contributed by atoms with Gasteiger partial charge in [0.2, 0.25) is 11.0 Å². The molecule has 3 rings (SSSR count). The Labute approximate surface area is 163 Å². The number of carbonyl (C=O) groups is 2. The molecule has 0 saturated heterocycles. The van der Waals surface area contributed by atoms with Crippen LogP contribution in [0.1, 0.15) is 20.8 Å². The van der Waals surface area contributed by atoms with Crippen LogP contribution in [0.5, 0.6) is 0 Å². The van der Waals surface area contributed by atoms with Gasteiger partial charge >= 0.3 is 0 Å². The van der Waals surface area contributed by atoms with E-state index in [2.05, 4.69) is 20.8 Å². The summed E-state index contributed by atoms with van der Waals surface area (Å²) in [6, 6.07) is 9.36. The third kappa shape index (κ3) is 4.69. The number of nitrogens with one attached hydrogen (secondary N) is 2. The van der Waals surface area contributed by atoms with Gasteiger partial charge in [-0.2, -0.15) is 0 Å². The maximum Gasteiger partial charge on any atom is 0.267 e. The number of hydrogen-bond donors (Lipinski definition) is 2. The smallest absolute Gasteiger partial charge is 0.267 e. The summed E-state index contributed by atoms with van der Waals surface area (Å²) in [6.45, 7) is 3.98. The molecule has 26 heavy (non-hydrogen) atoms. The molecular formula is C17H16N4O2S3. The molecular weight excluding hydrogens is 388 g/mol. The molecule has 0 bridgehead atoms. The van der Waals surface area contributed by atoms with Crippen molar-refractivity contribution in [3.63, 3.8) is 0 Å². The Hall–Kier alpha value is -2.23. The number of rotatable bonds is 6. The van der Waals surface area contributed by atoms with Crippen LogP contribution in [-0.4, -0.2) is 27.8 Å². The monoisotopic (exact) mass is 404 g/mol. The zero-order valence-corrected chi connectivity index (χ0v) is 16.6. The minimum atomic E-state index is -0.208. The van der Waals surface area contributed by atoms with Crippen molar-refractivity contribution in [1.29, 1.82) is 0 Å². The molecule has 3 aromatic rings. The molecule has 9 heteroatoms. The number of benzene rings is 1. The van der Waals surface area contributed by atoms with Crippen molar-refractivity contribution in [1.82, 2.24) is 10.2 Å². The molecule has 2 aromatic heterocycles. The van der Waals surface area contributed by atoms with E-state index in [1.54, 1.807) is 6.07 Å². The van der Waals surface area contributed by atoms with Crippen LogP contribution in [0.25, 0.3) is 0 Å². The number of nitrogens with zero attached hydrogens (tertiary/aromatic N) is 2. The highest BCUT2D eigenvalue weighted by Crippen LogP contribution is 2.26. The molecule has 6 nitrogen and oxygen atoms in total. The minimum absolute atomic E-state index is 0.108. The number of aromatic nitrogens is 2. The Bertz CT molecular complexity index is 922. The second-order valence-electron chi connectivity index (χ2n) is 5.39. The highest BCUT2D eigenvalue weighted by atomic mass is 32.2. The number of thioether (sulfide) groups is 1. The second kappa shape index (κ2) is 8.43. The first-order chi connectivity index (χ1) is 12.5. The average molecular weight is 405 g/mol. The third-order valence-corrected chi connectivity index (χ3v) is 6.42. The largest absolute Gasteiger partial charge is 0.325 e.